The van der Waals surface area contributed by atoms with Crippen LogP contribution in [0.2, 0.25) is 5.02 Å². The maximum Gasteiger partial charge on any atom is 0.243 e. The monoisotopic (exact) mass is 535 g/mol. The zero-order valence-corrected chi connectivity index (χ0v) is 23.4. The standard InChI is InChI=1S/C27H38ClN3O4S/c1-6-21(4)29-27(33)25(7-2)30(19-22-12-9-8-11-20(22)3)26(32)13-10-18-31(36(5,34)35)24-16-14-23(28)15-17-24/h8-9,11-12,14-17,21,25H,6-7,10,13,18-19H2,1-5H3,(H,29,33)/t21-,25+/m0/s1. The Bertz CT molecular complexity index is 1120. The number of aryl methyl sites for hydroxylation is 1. The van der Waals surface area contributed by atoms with Crippen molar-refractivity contribution in [1.29, 1.82) is 0 Å². The summed E-state index contributed by atoms with van der Waals surface area (Å²) in [5.41, 5.74) is 2.50. The van der Waals surface area contributed by atoms with E-state index in [0.717, 1.165) is 23.8 Å². The average Bonchev–Trinajstić information content (AvgIpc) is 2.82. The fraction of sp³-hybridized carbons (Fsp3) is 0.481. The van der Waals surface area contributed by atoms with Crippen LogP contribution in [0.25, 0.3) is 0 Å². The second-order valence-corrected chi connectivity index (χ2v) is 11.4. The quantitative estimate of drug-likeness (QED) is 0.394. The van der Waals surface area contributed by atoms with Gasteiger partial charge in [-0.3, -0.25) is 13.9 Å². The fourth-order valence-electron chi connectivity index (χ4n) is 3.94. The molecule has 1 N–H and O–H groups in total. The van der Waals surface area contributed by atoms with Crippen molar-refractivity contribution in [3.8, 4) is 0 Å². The van der Waals surface area contributed by atoms with Gasteiger partial charge in [-0.15, -0.1) is 0 Å². The summed E-state index contributed by atoms with van der Waals surface area (Å²) in [5, 5.41) is 3.52. The molecule has 0 aliphatic rings. The van der Waals surface area contributed by atoms with Gasteiger partial charge in [-0.05, 0) is 68.5 Å². The molecular formula is C27H38ClN3O4S. The summed E-state index contributed by atoms with van der Waals surface area (Å²) in [4.78, 5) is 28.2. The Morgan fingerprint density at radius 2 is 1.67 bits per heavy atom. The first kappa shape index (κ1) is 29.6. The Hall–Kier alpha value is -2.58. The molecule has 0 radical (unpaired) electrons. The van der Waals surface area contributed by atoms with E-state index < -0.39 is 16.1 Å². The Balaban J connectivity index is 2.23. The highest BCUT2D eigenvalue weighted by Crippen LogP contribution is 2.22. The number of nitrogens with one attached hydrogen (secondary N) is 1. The fourth-order valence-corrected chi connectivity index (χ4v) is 5.03. The van der Waals surface area contributed by atoms with E-state index in [1.54, 1.807) is 29.2 Å². The number of benzene rings is 2. The normalized spacial score (nSPS) is 13.1. The predicted octanol–water partition coefficient (Wildman–Crippen LogP) is 4.92. The number of hydrogen-bond acceptors (Lipinski definition) is 4. The summed E-state index contributed by atoms with van der Waals surface area (Å²) in [6.07, 6.45) is 2.82. The highest BCUT2D eigenvalue weighted by atomic mass is 35.5. The molecule has 0 aliphatic heterocycles. The van der Waals surface area contributed by atoms with E-state index >= 15 is 0 Å². The van der Waals surface area contributed by atoms with Crippen LogP contribution in [0.15, 0.2) is 48.5 Å². The number of sulfonamides is 1. The van der Waals surface area contributed by atoms with E-state index in [2.05, 4.69) is 5.32 Å². The lowest BCUT2D eigenvalue weighted by Gasteiger charge is -2.32. The minimum atomic E-state index is -3.55. The zero-order valence-electron chi connectivity index (χ0n) is 21.8. The van der Waals surface area contributed by atoms with Crippen molar-refractivity contribution >= 4 is 39.1 Å². The molecule has 2 amide bonds. The summed E-state index contributed by atoms with van der Waals surface area (Å²) >= 11 is 5.95. The molecule has 36 heavy (non-hydrogen) atoms. The number of nitrogens with zero attached hydrogens (tertiary/aromatic N) is 2. The van der Waals surface area contributed by atoms with Gasteiger partial charge in [-0.1, -0.05) is 49.7 Å². The highest BCUT2D eigenvalue weighted by molar-refractivity contribution is 7.92. The molecular weight excluding hydrogens is 498 g/mol. The Morgan fingerprint density at radius 3 is 2.22 bits per heavy atom. The molecule has 0 unspecified atom stereocenters. The van der Waals surface area contributed by atoms with E-state index in [9.17, 15) is 18.0 Å². The number of rotatable bonds is 13. The Kier molecular flexibility index (Phi) is 11.2. The van der Waals surface area contributed by atoms with Gasteiger partial charge in [0, 0.05) is 30.6 Å². The van der Waals surface area contributed by atoms with Gasteiger partial charge in [-0.25, -0.2) is 8.42 Å². The Labute approximate surface area is 220 Å². The topological polar surface area (TPSA) is 86.8 Å². The second kappa shape index (κ2) is 13.7. The van der Waals surface area contributed by atoms with Crippen molar-refractivity contribution in [2.24, 2.45) is 0 Å². The molecule has 0 spiro atoms. The molecule has 0 saturated carbocycles. The lowest BCUT2D eigenvalue weighted by molar-refractivity contribution is -0.141. The van der Waals surface area contributed by atoms with E-state index in [0.29, 0.717) is 30.1 Å². The summed E-state index contributed by atoms with van der Waals surface area (Å²) in [5.74, 6) is -0.360. The lowest BCUT2D eigenvalue weighted by atomic mass is 10.0. The first-order chi connectivity index (χ1) is 17.0. The minimum Gasteiger partial charge on any atom is -0.352 e. The van der Waals surface area contributed by atoms with E-state index in [1.165, 1.54) is 4.31 Å². The maximum absolute atomic E-state index is 13.5. The van der Waals surface area contributed by atoms with Gasteiger partial charge in [0.2, 0.25) is 21.8 Å². The van der Waals surface area contributed by atoms with Crippen LogP contribution in [0.3, 0.4) is 0 Å². The number of hydrogen-bond donors (Lipinski definition) is 1. The van der Waals surface area contributed by atoms with Crippen molar-refractivity contribution in [1.82, 2.24) is 10.2 Å². The van der Waals surface area contributed by atoms with Gasteiger partial charge >= 0.3 is 0 Å². The number of anilines is 1. The van der Waals surface area contributed by atoms with Crippen LogP contribution >= 0.6 is 11.6 Å². The number of carbonyl (C=O) groups is 2. The van der Waals surface area contributed by atoms with Crippen molar-refractivity contribution < 1.29 is 18.0 Å². The largest absolute Gasteiger partial charge is 0.352 e. The van der Waals surface area contributed by atoms with E-state index in [1.807, 2.05) is 52.0 Å². The van der Waals surface area contributed by atoms with Gasteiger partial charge in [0.1, 0.15) is 6.04 Å². The molecule has 2 atom stereocenters. The van der Waals surface area contributed by atoms with Gasteiger partial charge < -0.3 is 10.2 Å². The minimum absolute atomic E-state index is 0.00431. The van der Waals surface area contributed by atoms with Crippen LogP contribution in [0.4, 0.5) is 5.69 Å². The van der Waals surface area contributed by atoms with E-state index in [4.69, 9.17) is 11.6 Å². The Morgan fingerprint density at radius 1 is 1.03 bits per heavy atom. The summed E-state index contributed by atoms with van der Waals surface area (Å²) in [7, 11) is -3.55. The van der Waals surface area contributed by atoms with Crippen molar-refractivity contribution in [3.63, 3.8) is 0 Å². The highest BCUT2D eigenvalue weighted by Gasteiger charge is 2.29. The van der Waals surface area contributed by atoms with Gasteiger partial charge in [0.15, 0.2) is 0 Å². The lowest BCUT2D eigenvalue weighted by Crippen LogP contribution is -2.50. The summed E-state index contributed by atoms with van der Waals surface area (Å²) < 4.78 is 26.1. The van der Waals surface area contributed by atoms with E-state index in [-0.39, 0.29) is 30.8 Å². The van der Waals surface area contributed by atoms with Crippen molar-refractivity contribution in [2.45, 2.75) is 72.0 Å². The van der Waals surface area contributed by atoms with Crippen LogP contribution in [-0.2, 0) is 26.2 Å². The zero-order chi connectivity index (χ0) is 26.9. The number of amides is 2. The van der Waals surface area contributed by atoms with Crippen LogP contribution < -0.4 is 9.62 Å². The second-order valence-electron chi connectivity index (χ2n) is 9.11. The summed E-state index contributed by atoms with van der Waals surface area (Å²) in [6, 6.07) is 13.7. The number of halogens is 1. The molecule has 0 fully saturated rings. The van der Waals surface area contributed by atoms with Crippen LogP contribution in [-0.4, -0.2) is 50.0 Å². The molecule has 7 nitrogen and oxygen atoms in total. The smallest absolute Gasteiger partial charge is 0.243 e. The van der Waals surface area contributed by atoms with Crippen molar-refractivity contribution in [2.75, 3.05) is 17.1 Å². The molecule has 0 saturated heterocycles. The molecule has 0 aliphatic carbocycles. The first-order valence-electron chi connectivity index (χ1n) is 12.4. The van der Waals surface area contributed by atoms with Crippen LogP contribution in [0.1, 0.15) is 57.6 Å². The SMILES string of the molecule is CC[C@H](C(=O)N[C@@H](C)CC)N(Cc1ccccc1C)C(=O)CCCN(c1ccc(Cl)cc1)S(C)(=O)=O. The molecule has 0 bridgehead atoms. The molecule has 2 rings (SSSR count). The van der Waals surface area contributed by atoms with Crippen LogP contribution in [0, 0.1) is 6.92 Å². The third kappa shape index (κ3) is 8.52. The maximum atomic E-state index is 13.5. The molecule has 0 aromatic heterocycles. The van der Waals surface area contributed by atoms with Gasteiger partial charge in [0.25, 0.3) is 0 Å². The molecule has 198 valence electrons. The first-order valence-corrected chi connectivity index (χ1v) is 14.6. The third-order valence-electron chi connectivity index (χ3n) is 6.26. The van der Waals surface area contributed by atoms with Crippen LogP contribution in [0.5, 0.6) is 0 Å². The average molecular weight is 536 g/mol. The molecule has 9 heteroatoms. The van der Waals surface area contributed by atoms with Gasteiger partial charge in [-0.2, -0.15) is 0 Å². The number of carbonyl (C=O) groups excluding carboxylic acids is 2. The molecule has 2 aromatic carbocycles. The predicted molar refractivity (Wildman–Crippen MR) is 147 cm³/mol. The molecule has 0 heterocycles. The molecule has 2 aromatic rings. The summed E-state index contributed by atoms with van der Waals surface area (Å²) in [6.45, 7) is 8.26. The van der Waals surface area contributed by atoms with Crippen molar-refractivity contribution in [3.05, 3.63) is 64.7 Å². The van der Waals surface area contributed by atoms with Gasteiger partial charge in [0.05, 0.1) is 11.9 Å². The third-order valence-corrected chi connectivity index (χ3v) is 7.70.